The minimum atomic E-state index is -0.111. The van der Waals surface area contributed by atoms with Gasteiger partial charge in [0.2, 0.25) is 23.6 Å². The molecular weight excluding hydrogens is 628 g/mol. The summed E-state index contributed by atoms with van der Waals surface area (Å²) in [7, 11) is 0. The maximum absolute atomic E-state index is 10.6. The monoisotopic (exact) mass is 666 g/mol. The third kappa shape index (κ3) is 39.8. The van der Waals surface area contributed by atoms with Crippen LogP contribution in [0.5, 0.6) is 0 Å². The molecule has 0 unspecified atom stereocenters. The molecule has 8 nitrogen and oxygen atoms in total. The van der Waals surface area contributed by atoms with Crippen molar-refractivity contribution in [2.75, 3.05) is 49.2 Å². The third-order valence-electron chi connectivity index (χ3n) is 3.10. The van der Waals surface area contributed by atoms with Crippen LogP contribution in [0.4, 0.5) is 0 Å². The van der Waals surface area contributed by atoms with Crippen molar-refractivity contribution < 1.29 is 45.4 Å². The van der Waals surface area contributed by atoms with Crippen molar-refractivity contribution in [1.29, 1.82) is 0 Å². The van der Waals surface area contributed by atoms with Gasteiger partial charge < -0.3 is 71.8 Å². The molecule has 13 heteroatoms. The average molecular weight is 668 g/mol. The largest absolute Gasteiger partial charge is 4.00 e. The molecule has 0 aromatic carbocycles. The molecule has 0 aromatic rings. The second-order valence-electron chi connectivity index (χ2n) is 6.96. The molecule has 208 valence electrons. The van der Waals surface area contributed by atoms with Crippen LogP contribution in [0.15, 0.2) is 48.6 Å². The quantitative estimate of drug-likeness (QED) is 0.179. The van der Waals surface area contributed by atoms with Gasteiger partial charge in [-0.25, -0.2) is 0 Å². The molecule has 0 aliphatic rings. The van der Waals surface area contributed by atoms with Crippen LogP contribution >= 0.6 is 0 Å². The first kappa shape index (κ1) is 46.0. The summed E-state index contributed by atoms with van der Waals surface area (Å²) in [6.07, 6.45) is 0. The molecular formula is C24H40N4O4S4Zr. The van der Waals surface area contributed by atoms with Gasteiger partial charge in [0.25, 0.3) is 0 Å². The molecule has 37 heavy (non-hydrogen) atoms. The molecule has 0 aromatic heterocycles. The molecule has 0 bridgehead atoms. The zero-order valence-electron chi connectivity index (χ0n) is 22.3. The Labute approximate surface area is 264 Å². The number of rotatable bonds is 12. The van der Waals surface area contributed by atoms with E-state index in [1.807, 2.05) is 0 Å². The molecule has 0 radical (unpaired) electrons. The van der Waals surface area contributed by atoms with E-state index >= 15 is 0 Å². The van der Waals surface area contributed by atoms with Gasteiger partial charge in [-0.15, -0.1) is 0 Å². The fraction of sp³-hybridized carbons (Fsp3) is 0.500. The molecule has 0 rings (SSSR count). The Kier molecular flexibility index (Phi) is 41.2. The predicted octanol–water partition coefficient (Wildman–Crippen LogP) is 0.900. The number of nitrogens with one attached hydrogen (secondary N) is 4. The summed E-state index contributed by atoms with van der Waals surface area (Å²) in [6, 6.07) is 0. The molecule has 0 saturated carbocycles. The van der Waals surface area contributed by atoms with E-state index in [9.17, 15) is 19.2 Å². The summed E-state index contributed by atoms with van der Waals surface area (Å²) in [5.41, 5.74) is 2.11. The fourth-order valence-corrected chi connectivity index (χ4v) is 1.67. The Bertz CT molecular complexity index is 616. The van der Waals surface area contributed by atoms with E-state index in [2.05, 4.69) is 98.1 Å². The van der Waals surface area contributed by atoms with Crippen molar-refractivity contribution >= 4 is 74.1 Å². The summed E-state index contributed by atoms with van der Waals surface area (Å²) >= 11 is 18.5. The molecule has 0 aliphatic heterocycles. The minimum absolute atomic E-state index is 0. The fourth-order valence-electron chi connectivity index (χ4n) is 1.26. The van der Waals surface area contributed by atoms with Gasteiger partial charge in [0.1, 0.15) is 0 Å². The van der Waals surface area contributed by atoms with Crippen LogP contribution in [-0.4, -0.2) is 72.8 Å². The third-order valence-corrected chi connectivity index (χ3v) is 3.92. The Morgan fingerprint density at radius 3 is 0.676 bits per heavy atom. The average Bonchev–Trinajstić information content (AvgIpc) is 2.83. The van der Waals surface area contributed by atoms with Crippen LogP contribution in [0.3, 0.4) is 0 Å². The van der Waals surface area contributed by atoms with E-state index in [4.69, 9.17) is 0 Å². The number of carbonyl (C=O) groups is 4. The Morgan fingerprint density at radius 1 is 0.459 bits per heavy atom. The normalized spacial score (nSPS) is 8.43. The van der Waals surface area contributed by atoms with E-state index in [-0.39, 0.29) is 49.8 Å². The van der Waals surface area contributed by atoms with Crippen molar-refractivity contribution in [2.24, 2.45) is 0 Å². The smallest absolute Gasteiger partial charge is 0.791 e. The van der Waals surface area contributed by atoms with Gasteiger partial charge in [-0.2, -0.15) is 23.0 Å². The van der Waals surface area contributed by atoms with E-state index in [1.165, 1.54) is 0 Å². The summed E-state index contributed by atoms with van der Waals surface area (Å²) in [5.74, 6) is 1.77. The van der Waals surface area contributed by atoms with Crippen LogP contribution in [0.2, 0.25) is 0 Å². The first-order valence-corrected chi connectivity index (χ1v) is 13.1. The summed E-state index contributed by atoms with van der Waals surface area (Å²) in [4.78, 5) is 42.6. The van der Waals surface area contributed by atoms with Gasteiger partial charge in [0, 0.05) is 22.3 Å². The van der Waals surface area contributed by atoms with Gasteiger partial charge in [0.15, 0.2) is 0 Å². The second-order valence-corrected chi connectivity index (χ2v) is 8.59. The summed E-state index contributed by atoms with van der Waals surface area (Å²) in [5, 5.41) is 10.4. The second kappa shape index (κ2) is 33.2. The van der Waals surface area contributed by atoms with Gasteiger partial charge >= 0.3 is 26.2 Å². The Balaban J connectivity index is -0.000000122. The van der Waals surface area contributed by atoms with Crippen LogP contribution < -0.4 is 21.3 Å². The molecule has 0 atom stereocenters. The van der Waals surface area contributed by atoms with Crippen LogP contribution in [0.25, 0.3) is 0 Å². The zero-order valence-corrected chi connectivity index (χ0v) is 28.0. The maximum Gasteiger partial charge on any atom is 4.00 e. The van der Waals surface area contributed by atoms with Crippen molar-refractivity contribution in [3.8, 4) is 0 Å². The first-order valence-electron chi connectivity index (χ1n) is 10.8. The number of hydrogen-bond acceptors (Lipinski definition) is 8. The summed E-state index contributed by atoms with van der Waals surface area (Å²) < 4.78 is 0. The van der Waals surface area contributed by atoms with E-state index in [1.54, 1.807) is 27.7 Å². The van der Waals surface area contributed by atoms with Crippen molar-refractivity contribution in [3.63, 3.8) is 0 Å². The van der Waals surface area contributed by atoms with Crippen molar-refractivity contribution in [3.05, 3.63) is 48.6 Å². The standard InChI is InChI=1S/4C6H11NOS.Zr/c4*1-5(2)6(8)7-3-4-9;/h4*9H,1,3-4H2,2H3,(H,7,8);/q;;;;+4/p-4. The van der Waals surface area contributed by atoms with E-state index < -0.39 is 0 Å². The number of carbonyl (C=O) groups excluding carboxylic acids is 4. The van der Waals surface area contributed by atoms with Crippen LogP contribution in [-0.2, 0) is 95.9 Å². The maximum atomic E-state index is 10.6. The Hall–Kier alpha value is -0.877. The van der Waals surface area contributed by atoms with Gasteiger partial charge in [-0.3, -0.25) is 19.2 Å². The van der Waals surface area contributed by atoms with Gasteiger partial charge in [-0.05, 0) is 53.9 Å². The van der Waals surface area contributed by atoms with Crippen LogP contribution in [0, 0.1) is 0 Å². The predicted molar refractivity (Wildman–Crippen MR) is 160 cm³/mol. The molecule has 0 spiro atoms. The van der Waals surface area contributed by atoms with E-state index in [0.29, 0.717) is 71.5 Å². The first-order chi connectivity index (χ1) is 16.7. The topological polar surface area (TPSA) is 116 Å². The Morgan fingerprint density at radius 2 is 0.595 bits per heavy atom. The molecule has 4 amide bonds. The van der Waals surface area contributed by atoms with Gasteiger partial charge in [-0.1, -0.05) is 26.3 Å². The van der Waals surface area contributed by atoms with Gasteiger partial charge in [0.05, 0.1) is 0 Å². The molecule has 4 N–H and O–H groups in total. The van der Waals surface area contributed by atoms with E-state index in [0.717, 1.165) is 0 Å². The summed E-state index contributed by atoms with van der Waals surface area (Å²) in [6.45, 7) is 22.7. The molecule has 0 fully saturated rings. The number of hydrogen-bond donors (Lipinski definition) is 4. The van der Waals surface area contributed by atoms with Crippen molar-refractivity contribution in [1.82, 2.24) is 21.3 Å². The molecule has 0 heterocycles. The van der Waals surface area contributed by atoms with Crippen LogP contribution in [0.1, 0.15) is 27.7 Å². The number of amides is 4. The zero-order chi connectivity index (χ0) is 29.1. The minimum Gasteiger partial charge on any atom is -0.791 e. The SMILES string of the molecule is C=C(C)C(=O)NCC[S-].C=C(C)C(=O)NCC[S-].C=C(C)C(=O)NCC[S-].C=C(C)C(=O)NCC[S-].[Zr+4]. The van der Waals surface area contributed by atoms with Crippen molar-refractivity contribution in [2.45, 2.75) is 27.7 Å². The molecule has 0 aliphatic carbocycles. The molecule has 0 saturated heterocycles.